The Bertz CT molecular complexity index is 762. The molecule has 25 heavy (non-hydrogen) atoms. The van der Waals surface area contributed by atoms with E-state index in [4.69, 9.17) is 9.47 Å². The van der Waals surface area contributed by atoms with Crippen LogP contribution < -0.4 is 10.1 Å². The van der Waals surface area contributed by atoms with Crippen LogP contribution in [-0.2, 0) is 16.0 Å². The number of benzene rings is 1. The highest BCUT2D eigenvalue weighted by Gasteiger charge is 2.30. The van der Waals surface area contributed by atoms with Crippen molar-refractivity contribution in [1.29, 1.82) is 0 Å². The number of carbonyl (C=O) groups excluding carboxylic acids is 1. The lowest BCUT2D eigenvalue weighted by Gasteiger charge is -2.20. The third-order valence-corrected chi connectivity index (χ3v) is 5.15. The van der Waals surface area contributed by atoms with Gasteiger partial charge in [-0.3, -0.25) is 9.89 Å². The van der Waals surface area contributed by atoms with E-state index < -0.39 is 6.10 Å². The molecule has 0 radical (unpaired) electrons. The number of carbonyl (C=O) groups is 1. The average Bonchev–Trinajstić information content (AvgIpc) is 3.23. The fourth-order valence-electron chi connectivity index (χ4n) is 3.48. The molecule has 0 bridgehead atoms. The van der Waals surface area contributed by atoms with Crippen LogP contribution in [0.15, 0.2) is 18.2 Å². The van der Waals surface area contributed by atoms with E-state index in [0.29, 0.717) is 18.2 Å². The van der Waals surface area contributed by atoms with Gasteiger partial charge in [0.05, 0.1) is 0 Å². The van der Waals surface area contributed by atoms with Crippen LogP contribution in [0.2, 0.25) is 0 Å². The highest BCUT2D eigenvalue weighted by molar-refractivity contribution is 5.94. The van der Waals surface area contributed by atoms with Crippen molar-refractivity contribution in [3.63, 3.8) is 0 Å². The van der Waals surface area contributed by atoms with Gasteiger partial charge in [0.15, 0.2) is 11.9 Å². The highest BCUT2D eigenvalue weighted by atomic mass is 16.5. The SMILES string of the molecule is Cc1cc2c(cc1C)OC(C(=O)Nc1cc(C3CCOCC3)[nH]n1)C2. The number of nitrogens with zero attached hydrogens (tertiary/aromatic N) is 1. The van der Waals surface area contributed by atoms with Crippen molar-refractivity contribution < 1.29 is 14.3 Å². The van der Waals surface area contributed by atoms with Crippen molar-refractivity contribution in [3.8, 4) is 5.75 Å². The lowest BCUT2D eigenvalue weighted by atomic mass is 9.97. The molecule has 1 fully saturated rings. The number of rotatable bonds is 3. The van der Waals surface area contributed by atoms with Crippen molar-refractivity contribution in [3.05, 3.63) is 40.6 Å². The van der Waals surface area contributed by atoms with Gasteiger partial charge in [-0.05, 0) is 49.4 Å². The summed E-state index contributed by atoms with van der Waals surface area (Å²) in [7, 11) is 0. The highest BCUT2D eigenvalue weighted by Crippen LogP contribution is 2.32. The molecule has 1 atom stereocenters. The zero-order valence-corrected chi connectivity index (χ0v) is 14.6. The summed E-state index contributed by atoms with van der Waals surface area (Å²) in [6.45, 7) is 5.68. The minimum absolute atomic E-state index is 0.156. The van der Waals surface area contributed by atoms with Gasteiger partial charge >= 0.3 is 0 Å². The summed E-state index contributed by atoms with van der Waals surface area (Å²) in [6.07, 6.45) is 2.06. The first-order chi connectivity index (χ1) is 12.1. The maximum absolute atomic E-state index is 12.5. The Morgan fingerprint density at radius 3 is 2.76 bits per heavy atom. The van der Waals surface area contributed by atoms with Crippen LogP contribution in [0.4, 0.5) is 5.82 Å². The smallest absolute Gasteiger partial charge is 0.266 e. The Kier molecular flexibility index (Phi) is 4.21. The van der Waals surface area contributed by atoms with E-state index >= 15 is 0 Å². The fourth-order valence-corrected chi connectivity index (χ4v) is 3.48. The Hall–Kier alpha value is -2.34. The number of hydrogen-bond donors (Lipinski definition) is 2. The summed E-state index contributed by atoms with van der Waals surface area (Å²) in [4.78, 5) is 12.5. The Balaban J connectivity index is 1.40. The molecule has 2 aliphatic heterocycles. The summed E-state index contributed by atoms with van der Waals surface area (Å²) in [5.41, 5.74) is 4.54. The van der Waals surface area contributed by atoms with Crippen LogP contribution in [0.5, 0.6) is 5.75 Å². The lowest BCUT2D eigenvalue weighted by molar-refractivity contribution is -0.122. The molecule has 4 rings (SSSR count). The summed E-state index contributed by atoms with van der Waals surface area (Å²) < 4.78 is 11.2. The average molecular weight is 341 g/mol. The zero-order valence-electron chi connectivity index (χ0n) is 14.6. The third kappa shape index (κ3) is 3.26. The molecular formula is C19H23N3O3. The number of anilines is 1. The first-order valence-corrected chi connectivity index (χ1v) is 8.81. The normalized spacial score (nSPS) is 20.2. The van der Waals surface area contributed by atoms with Crippen LogP contribution >= 0.6 is 0 Å². The van der Waals surface area contributed by atoms with Gasteiger partial charge in [0.1, 0.15) is 5.75 Å². The predicted molar refractivity (Wildman–Crippen MR) is 94.0 cm³/mol. The minimum Gasteiger partial charge on any atom is -0.480 e. The van der Waals surface area contributed by atoms with Crippen molar-refractivity contribution in [2.24, 2.45) is 0 Å². The molecule has 2 aliphatic rings. The molecule has 1 saturated heterocycles. The van der Waals surface area contributed by atoms with Crippen LogP contribution in [-0.4, -0.2) is 35.4 Å². The summed E-state index contributed by atoms with van der Waals surface area (Å²) >= 11 is 0. The largest absolute Gasteiger partial charge is 0.480 e. The van der Waals surface area contributed by atoms with E-state index in [0.717, 1.165) is 43.1 Å². The molecule has 6 heteroatoms. The van der Waals surface area contributed by atoms with E-state index in [9.17, 15) is 4.79 Å². The van der Waals surface area contributed by atoms with Gasteiger partial charge in [-0.2, -0.15) is 5.10 Å². The molecular weight excluding hydrogens is 318 g/mol. The van der Waals surface area contributed by atoms with Gasteiger partial charge < -0.3 is 14.8 Å². The van der Waals surface area contributed by atoms with Crippen molar-refractivity contribution in [1.82, 2.24) is 10.2 Å². The summed E-state index contributed by atoms with van der Waals surface area (Å²) in [6, 6.07) is 6.04. The van der Waals surface area contributed by atoms with E-state index in [1.165, 1.54) is 11.1 Å². The van der Waals surface area contributed by atoms with Crippen LogP contribution in [0, 0.1) is 13.8 Å². The zero-order chi connectivity index (χ0) is 17.4. The number of amides is 1. The second kappa shape index (κ2) is 6.52. The Morgan fingerprint density at radius 2 is 1.96 bits per heavy atom. The molecule has 3 heterocycles. The predicted octanol–water partition coefficient (Wildman–Crippen LogP) is 2.86. The van der Waals surface area contributed by atoms with Crippen LogP contribution in [0.1, 0.15) is 41.1 Å². The maximum Gasteiger partial charge on any atom is 0.266 e. The number of H-pyrrole nitrogens is 1. The quantitative estimate of drug-likeness (QED) is 0.900. The number of fused-ring (bicyclic) bond motifs is 1. The van der Waals surface area contributed by atoms with Gasteiger partial charge in [0.25, 0.3) is 5.91 Å². The first kappa shape index (κ1) is 16.1. The topological polar surface area (TPSA) is 76.2 Å². The third-order valence-electron chi connectivity index (χ3n) is 5.15. The Morgan fingerprint density at radius 1 is 1.20 bits per heavy atom. The van der Waals surface area contributed by atoms with Crippen molar-refractivity contribution in [2.75, 3.05) is 18.5 Å². The first-order valence-electron chi connectivity index (χ1n) is 8.81. The summed E-state index contributed by atoms with van der Waals surface area (Å²) in [5, 5.41) is 10.1. The second-order valence-corrected chi connectivity index (χ2v) is 6.94. The Labute approximate surface area is 146 Å². The second-order valence-electron chi connectivity index (χ2n) is 6.94. The molecule has 6 nitrogen and oxygen atoms in total. The van der Waals surface area contributed by atoms with Crippen molar-refractivity contribution in [2.45, 2.75) is 45.1 Å². The summed E-state index contributed by atoms with van der Waals surface area (Å²) in [5.74, 6) is 1.63. The molecule has 1 aromatic carbocycles. The monoisotopic (exact) mass is 341 g/mol. The van der Waals surface area contributed by atoms with E-state index in [-0.39, 0.29) is 5.91 Å². The number of hydrogen-bond acceptors (Lipinski definition) is 4. The molecule has 0 spiro atoms. The van der Waals surface area contributed by atoms with Crippen LogP contribution in [0.25, 0.3) is 0 Å². The van der Waals surface area contributed by atoms with Crippen molar-refractivity contribution >= 4 is 11.7 Å². The van der Waals surface area contributed by atoms with Gasteiger partial charge in [0, 0.05) is 37.3 Å². The standard InChI is InChI=1S/C19H23N3O3/c1-11-7-14-9-17(25-16(14)8-12(11)2)19(23)20-18-10-15(21-22-18)13-3-5-24-6-4-13/h7-8,10,13,17H,3-6,9H2,1-2H3,(H2,20,21,22,23). The molecule has 1 aromatic heterocycles. The van der Waals surface area contributed by atoms with E-state index in [1.807, 2.05) is 19.1 Å². The maximum atomic E-state index is 12.5. The number of nitrogens with one attached hydrogen (secondary N) is 2. The van der Waals surface area contributed by atoms with Crippen LogP contribution in [0.3, 0.4) is 0 Å². The molecule has 132 valence electrons. The molecule has 0 aliphatic carbocycles. The number of ether oxygens (including phenoxy) is 2. The van der Waals surface area contributed by atoms with Gasteiger partial charge in [-0.1, -0.05) is 6.07 Å². The van der Waals surface area contributed by atoms with E-state index in [2.05, 4.69) is 28.5 Å². The number of aromatic amines is 1. The van der Waals surface area contributed by atoms with E-state index in [1.54, 1.807) is 0 Å². The molecule has 0 saturated carbocycles. The fraction of sp³-hybridized carbons (Fsp3) is 0.474. The molecule has 1 amide bonds. The molecule has 2 N–H and O–H groups in total. The molecule has 2 aromatic rings. The van der Waals surface area contributed by atoms with Gasteiger partial charge in [0.2, 0.25) is 0 Å². The number of aryl methyl sites for hydroxylation is 2. The number of aromatic nitrogens is 2. The lowest BCUT2D eigenvalue weighted by Crippen LogP contribution is -2.31. The molecule has 1 unspecified atom stereocenters. The minimum atomic E-state index is -0.501. The van der Waals surface area contributed by atoms with Gasteiger partial charge in [-0.15, -0.1) is 0 Å². The van der Waals surface area contributed by atoms with Gasteiger partial charge in [-0.25, -0.2) is 0 Å².